The first-order chi connectivity index (χ1) is 22.7. The number of halogens is 3. The van der Waals surface area contributed by atoms with Crippen LogP contribution in [0.1, 0.15) is 30.9 Å². The molecule has 1 aliphatic rings. The number of carbonyl (C=O) groups is 2. The summed E-state index contributed by atoms with van der Waals surface area (Å²) in [7, 11) is 1.51. The molecule has 0 aliphatic carbocycles. The predicted octanol–water partition coefficient (Wildman–Crippen LogP) is 5.08. The number of carbonyl (C=O) groups excluding carboxylic acids is 2. The first-order valence-corrected chi connectivity index (χ1v) is 15.8. The number of pyridine rings is 3. The van der Waals surface area contributed by atoms with Gasteiger partial charge in [0.2, 0.25) is 17.7 Å². The Kier molecular flexibility index (Phi) is 11.2. The fourth-order valence-electron chi connectivity index (χ4n) is 5.38. The van der Waals surface area contributed by atoms with E-state index < -0.39 is 11.7 Å². The van der Waals surface area contributed by atoms with E-state index in [-0.39, 0.29) is 29.3 Å². The van der Waals surface area contributed by atoms with Gasteiger partial charge in [-0.25, -0.2) is 14.4 Å². The van der Waals surface area contributed by atoms with Crippen molar-refractivity contribution >= 4 is 46.5 Å². The van der Waals surface area contributed by atoms with Gasteiger partial charge in [0, 0.05) is 73.8 Å². The third-order valence-electron chi connectivity index (χ3n) is 7.91. The summed E-state index contributed by atoms with van der Waals surface area (Å²) in [4.78, 5) is 37.8. The van der Waals surface area contributed by atoms with Gasteiger partial charge in [-0.15, -0.1) is 0 Å². The fraction of sp³-hybridized carbons (Fsp3) is 0.303. The molecule has 1 fully saturated rings. The smallest absolute Gasteiger partial charge is 0.231 e. The molecule has 4 aromatic rings. The molecule has 4 heterocycles. The van der Waals surface area contributed by atoms with Crippen LogP contribution in [-0.2, 0) is 22.7 Å². The summed E-state index contributed by atoms with van der Waals surface area (Å²) in [5.41, 5.74) is 8.90. The summed E-state index contributed by atoms with van der Waals surface area (Å²) in [6.45, 7) is 3.62. The number of likely N-dealkylation sites (tertiary alicyclic amines) is 1. The summed E-state index contributed by atoms with van der Waals surface area (Å²) < 4.78 is 21.1. The Balaban J connectivity index is 1.34. The molecule has 5 rings (SSSR count). The van der Waals surface area contributed by atoms with Gasteiger partial charge < -0.3 is 31.3 Å². The van der Waals surface area contributed by atoms with E-state index in [1.807, 2.05) is 11.0 Å². The van der Waals surface area contributed by atoms with E-state index in [9.17, 15) is 9.59 Å². The van der Waals surface area contributed by atoms with Crippen molar-refractivity contribution in [2.75, 3.05) is 32.1 Å². The van der Waals surface area contributed by atoms with Crippen LogP contribution >= 0.6 is 23.2 Å². The second-order valence-electron chi connectivity index (χ2n) is 11.0. The van der Waals surface area contributed by atoms with Crippen LogP contribution in [0.25, 0.3) is 22.5 Å². The Morgan fingerprint density at radius 1 is 1.00 bits per heavy atom. The molecule has 0 radical (unpaired) electrons. The Hall–Kier alpha value is -4.36. The summed E-state index contributed by atoms with van der Waals surface area (Å²) >= 11 is 13.8. The molecule has 14 heteroatoms. The van der Waals surface area contributed by atoms with Crippen LogP contribution < -0.4 is 26.4 Å². The molecule has 2 amide bonds. The van der Waals surface area contributed by atoms with Crippen LogP contribution in [0.4, 0.5) is 15.9 Å². The third kappa shape index (κ3) is 8.14. The first kappa shape index (κ1) is 34.0. The molecule has 0 unspecified atom stereocenters. The Morgan fingerprint density at radius 2 is 1.77 bits per heavy atom. The maximum Gasteiger partial charge on any atom is 0.231 e. The highest BCUT2D eigenvalue weighted by Crippen LogP contribution is 2.41. The molecule has 11 nitrogen and oxygen atoms in total. The normalized spacial score (nSPS) is 13.4. The Bertz CT molecular complexity index is 1770. The number of methoxy groups -OCH3 is 1. The molecule has 1 aromatic carbocycles. The molecule has 0 saturated carbocycles. The molecule has 1 aliphatic heterocycles. The molecule has 47 heavy (non-hydrogen) atoms. The number of ether oxygens (including phenoxy) is 1. The van der Waals surface area contributed by atoms with E-state index in [1.165, 1.54) is 7.11 Å². The van der Waals surface area contributed by atoms with Crippen LogP contribution in [0, 0.1) is 5.82 Å². The number of nitrogens with zero attached hydrogens (tertiary/aromatic N) is 4. The van der Waals surface area contributed by atoms with E-state index in [0.29, 0.717) is 70.8 Å². The average molecular weight is 682 g/mol. The zero-order valence-electron chi connectivity index (χ0n) is 25.9. The van der Waals surface area contributed by atoms with Gasteiger partial charge in [0.25, 0.3) is 0 Å². The Labute approximate surface area is 282 Å². The number of primary amides is 1. The number of aromatic nitrogens is 3. The highest BCUT2D eigenvalue weighted by atomic mass is 35.5. The van der Waals surface area contributed by atoms with Crippen LogP contribution in [0.2, 0.25) is 10.0 Å². The Morgan fingerprint density at radius 3 is 2.49 bits per heavy atom. The summed E-state index contributed by atoms with van der Waals surface area (Å²) in [5.74, 6) is -0.490. The molecule has 1 saturated heterocycles. The SMILES string of the molecule is COc1nc(-c2ccnc(-c3cccc(Nc4nccc(CNC5CCN(C(C)=O)CC5)c4F)c3Cl)c2Cl)ccc1CNCC(N)=O. The monoisotopic (exact) mass is 680 g/mol. The minimum Gasteiger partial charge on any atom is -0.481 e. The van der Waals surface area contributed by atoms with Gasteiger partial charge in [-0.1, -0.05) is 41.4 Å². The molecule has 0 spiro atoms. The predicted molar refractivity (Wildman–Crippen MR) is 180 cm³/mol. The quantitative estimate of drug-likeness (QED) is 0.161. The third-order valence-corrected chi connectivity index (χ3v) is 8.70. The topological polar surface area (TPSA) is 147 Å². The zero-order chi connectivity index (χ0) is 33.5. The number of benzene rings is 1. The number of nitrogens with one attached hydrogen (secondary N) is 3. The number of amides is 2. The van der Waals surface area contributed by atoms with Gasteiger partial charge in [-0.3, -0.25) is 14.6 Å². The second-order valence-corrected chi connectivity index (χ2v) is 11.8. The summed E-state index contributed by atoms with van der Waals surface area (Å²) in [5, 5.41) is 9.97. The largest absolute Gasteiger partial charge is 0.481 e. The molecule has 3 aromatic heterocycles. The van der Waals surface area contributed by atoms with Gasteiger partial charge in [-0.05, 0) is 37.1 Å². The van der Waals surface area contributed by atoms with Crippen molar-refractivity contribution in [3.8, 4) is 28.4 Å². The lowest BCUT2D eigenvalue weighted by molar-refractivity contribution is -0.129. The van der Waals surface area contributed by atoms with Crippen molar-refractivity contribution in [2.24, 2.45) is 5.73 Å². The number of anilines is 2. The van der Waals surface area contributed by atoms with Crippen LogP contribution in [-0.4, -0.2) is 64.5 Å². The van der Waals surface area contributed by atoms with Crippen LogP contribution in [0.5, 0.6) is 5.88 Å². The zero-order valence-corrected chi connectivity index (χ0v) is 27.5. The second kappa shape index (κ2) is 15.5. The lowest BCUT2D eigenvalue weighted by Crippen LogP contribution is -2.44. The number of nitrogens with two attached hydrogens (primary N) is 1. The van der Waals surface area contributed by atoms with E-state index in [2.05, 4.69) is 30.9 Å². The van der Waals surface area contributed by atoms with E-state index >= 15 is 4.39 Å². The number of piperidine rings is 1. The maximum absolute atomic E-state index is 15.6. The molecular weight excluding hydrogens is 646 g/mol. The van der Waals surface area contributed by atoms with Gasteiger partial charge in [0.1, 0.15) is 0 Å². The summed E-state index contributed by atoms with van der Waals surface area (Å²) in [6.07, 6.45) is 4.76. The van der Waals surface area contributed by atoms with Gasteiger partial charge in [-0.2, -0.15) is 0 Å². The molecule has 246 valence electrons. The minimum absolute atomic E-state index is 0.0218. The highest BCUT2D eigenvalue weighted by molar-refractivity contribution is 6.39. The lowest BCUT2D eigenvalue weighted by Gasteiger charge is -2.31. The van der Waals surface area contributed by atoms with Crippen molar-refractivity contribution < 1.29 is 18.7 Å². The van der Waals surface area contributed by atoms with Crippen LogP contribution in [0.15, 0.2) is 54.9 Å². The first-order valence-electron chi connectivity index (χ1n) is 15.0. The van der Waals surface area contributed by atoms with Crippen molar-refractivity contribution in [3.63, 3.8) is 0 Å². The molecular formula is C33H35Cl2FN8O3. The van der Waals surface area contributed by atoms with Gasteiger partial charge >= 0.3 is 0 Å². The minimum atomic E-state index is -0.492. The van der Waals surface area contributed by atoms with E-state index in [4.69, 9.17) is 33.7 Å². The number of rotatable bonds is 12. The van der Waals surface area contributed by atoms with Gasteiger partial charge in [0.15, 0.2) is 11.6 Å². The van der Waals surface area contributed by atoms with Gasteiger partial charge in [0.05, 0.1) is 40.8 Å². The fourth-order valence-corrected chi connectivity index (χ4v) is 5.95. The molecule has 5 N–H and O–H groups in total. The number of hydrogen-bond donors (Lipinski definition) is 4. The van der Waals surface area contributed by atoms with Crippen molar-refractivity contribution in [3.05, 3.63) is 81.8 Å². The van der Waals surface area contributed by atoms with Crippen molar-refractivity contribution in [2.45, 2.75) is 38.9 Å². The van der Waals surface area contributed by atoms with Crippen molar-refractivity contribution in [1.82, 2.24) is 30.5 Å². The lowest BCUT2D eigenvalue weighted by atomic mass is 10.0. The van der Waals surface area contributed by atoms with E-state index in [0.717, 1.165) is 18.4 Å². The standard InChI is InChI=1S/C33H35Cl2FN8O3/c1-19(45)44-14-10-22(11-15-44)41-17-20-8-12-40-32(30(20)36)42-26-5-3-4-24(28(26)34)31-29(35)23(9-13-39-31)25-7-6-21(33(43-25)47-2)16-38-18-27(37)46/h3-9,12-13,22,38,41H,10-11,14-18H2,1-2H3,(H2,37,46)(H,40,42). The molecule has 0 atom stereocenters. The number of hydrogen-bond acceptors (Lipinski definition) is 9. The summed E-state index contributed by atoms with van der Waals surface area (Å²) in [6, 6.07) is 12.4. The van der Waals surface area contributed by atoms with Crippen LogP contribution in [0.3, 0.4) is 0 Å². The molecule has 0 bridgehead atoms. The highest BCUT2D eigenvalue weighted by Gasteiger charge is 2.22. The maximum atomic E-state index is 15.6. The van der Waals surface area contributed by atoms with E-state index in [1.54, 1.807) is 55.7 Å². The van der Waals surface area contributed by atoms with Crippen molar-refractivity contribution in [1.29, 1.82) is 0 Å². The average Bonchev–Trinajstić information content (AvgIpc) is 3.06.